The number of benzene rings is 2. The van der Waals surface area contributed by atoms with Gasteiger partial charge in [0.25, 0.3) is 0 Å². The molecule has 0 unspecified atom stereocenters. The van der Waals surface area contributed by atoms with Crippen LogP contribution in [0.4, 0.5) is 4.79 Å². The van der Waals surface area contributed by atoms with E-state index in [0.29, 0.717) is 24.0 Å². The summed E-state index contributed by atoms with van der Waals surface area (Å²) in [5, 5.41) is 9.79. The minimum Gasteiger partial charge on any atom is -0.493 e. The monoisotopic (exact) mass is 523 g/mol. The molecule has 8 heteroatoms. The van der Waals surface area contributed by atoms with Gasteiger partial charge in [0.15, 0.2) is 17.6 Å². The molecule has 2 aliphatic heterocycles. The van der Waals surface area contributed by atoms with Crippen LogP contribution in [0.15, 0.2) is 36.4 Å². The van der Waals surface area contributed by atoms with E-state index in [-0.39, 0.29) is 19.1 Å². The number of carboxylic acid groups (broad SMARTS) is 1. The highest BCUT2D eigenvalue weighted by Crippen LogP contribution is 2.41. The van der Waals surface area contributed by atoms with Crippen molar-refractivity contribution in [2.45, 2.75) is 83.6 Å². The molecule has 2 heterocycles. The molecule has 0 aromatic heterocycles. The standard InChI is InChI=1S/C30H37NO7/c1-30(2,3)38-29(34)31-16-22-15-26-25(14-21(22)13-24(31)28(32)33)36-18-27(37-26)20-9-11-23(12-10-20)35-17-19-7-5-4-6-8-19/h9-12,14-15,19,24,27H,4-8,13,16-18H2,1-3H3,(H,32,33)/t24-,27+/m0/s1. The van der Waals surface area contributed by atoms with Gasteiger partial charge in [-0.2, -0.15) is 0 Å². The number of carbonyl (C=O) groups is 2. The van der Waals surface area contributed by atoms with Crippen LogP contribution in [0.3, 0.4) is 0 Å². The van der Waals surface area contributed by atoms with Crippen molar-refractivity contribution < 1.29 is 33.6 Å². The molecule has 2 aromatic carbocycles. The summed E-state index contributed by atoms with van der Waals surface area (Å²) in [6.45, 7) is 6.51. The van der Waals surface area contributed by atoms with Gasteiger partial charge in [-0.05, 0) is 80.5 Å². The first-order valence-corrected chi connectivity index (χ1v) is 13.6. The summed E-state index contributed by atoms with van der Waals surface area (Å²) in [5.74, 6) is 1.61. The number of carbonyl (C=O) groups excluding carboxylic acids is 1. The average Bonchev–Trinajstić information content (AvgIpc) is 2.89. The molecule has 2 atom stereocenters. The molecule has 38 heavy (non-hydrogen) atoms. The molecule has 204 valence electrons. The van der Waals surface area contributed by atoms with Crippen molar-refractivity contribution >= 4 is 12.1 Å². The Morgan fingerprint density at radius 3 is 2.42 bits per heavy atom. The summed E-state index contributed by atoms with van der Waals surface area (Å²) in [6.07, 6.45) is 5.69. The van der Waals surface area contributed by atoms with Gasteiger partial charge in [-0.1, -0.05) is 31.4 Å². The quantitative estimate of drug-likeness (QED) is 0.521. The lowest BCUT2D eigenvalue weighted by Gasteiger charge is -2.36. The third-order valence-electron chi connectivity index (χ3n) is 7.43. The minimum atomic E-state index is -1.07. The van der Waals surface area contributed by atoms with Gasteiger partial charge in [0.2, 0.25) is 0 Å². The maximum Gasteiger partial charge on any atom is 0.411 e. The predicted molar refractivity (Wildman–Crippen MR) is 141 cm³/mol. The van der Waals surface area contributed by atoms with Gasteiger partial charge in [0, 0.05) is 6.42 Å². The number of carboxylic acids is 1. The van der Waals surface area contributed by atoms with Crippen LogP contribution in [0.1, 0.15) is 75.7 Å². The largest absolute Gasteiger partial charge is 0.493 e. The van der Waals surface area contributed by atoms with Gasteiger partial charge >= 0.3 is 12.1 Å². The Bertz CT molecular complexity index is 1160. The number of aliphatic carboxylic acids is 1. The second kappa shape index (κ2) is 10.8. The normalized spacial score (nSPS) is 21.4. The first-order chi connectivity index (χ1) is 18.2. The van der Waals surface area contributed by atoms with Crippen molar-refractivity contribution in [1.29, 1.82) is 0 Å². The molecule has 3 aliphatic rings. The van der Waals surface area contributed by atoms with Crippen molar-refractivity contribution in [3.63, 3.8) is 0 Å². The summed E-state index contributed by atoms with van der Waals surface area (Å²) in [6, 6.07) is 10.7. The molecule has 2 aromatic rings. The lowest BCUT2D eigenvalue weighted by atomic mass is 9.90. The molecule has 1 amide bonds. The first kappa shape index (κ1) is 26.2. The Morgan fingerprint density at radius 1 is 1.03 bits per heavy atom. The molecule has 0 spiro atoms. The number of rotatable bonds is 5. The van der Waals surface area contributed by atoms with Crippen LogP contribution < -0.4 is 14.2 Å². The summed E-state index contributed by atoms with van der Waals surface area (Å²) in [7, 11) is 0. The highest BCUT2D eigenvalue weighted by Gasteiger charge is 2.38. The fourth-order valence-electron chi connectivity index (χ4n) is 5.40. The molecule has 0 bridgehead atoms. The molecule has 5 rings (SSSR count). The van der Waals surface area contributed by atoms with E-state index in [1.807, 2.05) is 36.4 Å². The highest BCUT2D eigenvalue weighted by molar-refractivity contribution is 5.81. The van der Waals surface area contributed by atoms with Crippen LogP contribution in [0.5, 0.6) is 17.2 Å². The van der Waals surface area contributed by atoms with E-state index in [2.05, 4.69) is 0 Å². The van der Waals surface area contributed by atoms with Crippen molar-refractivity contribution in [3.05, 3.63) is 53.1 Å². The maximum absolute atomic E-state index is 12.8. The van der Waals surface area contributed by atoms with Crippen molar-refractivity contribution in [2.24, 2.45) is 5.92 Å². The van der Waals surface area contributed by atoms with E-state index >= 15 is 0 Å². The fourth-order valence-corrected chi connectivity index (χ4v) is 5.40. The number of hydrogen-bond donors (Lipinski definition) is 1. The molecule has 1 aliphatic carbocycles. The number of amides is 1. The third-order valence-corrected chi connectivity index (χ3v) is 7.43. The smallest absolute Gasteiger partial charge is 0.411 e. The lowest BCUT2D eigenvalue weighted by molar-refractivity contribution is -0.143. The van der Waals surface area contributed by atoms with E-state index < -0.39 is 23.7 Å². The number of nitrogens with zero attached hydrogens (tertiary/aromatic N) is 1. The second-order valence-electron chi connectivity index (χ2n) is 11.5. The van der Waals surface area contributed by atoms with Gasteiger partial charge < -0.3 is 24.1 Å². The van der Waals surface area contributed by atoms with Crippen LogP contribution >= 0.6 is 0 Å². The Hall–Kier alpha value is -3.42. The third kappa shape index (κ3) is 6.00. The summed E-state index contributed by atoms with van der Waals surface area (Å²) in [5.41, 5.74) is 1.91. The first-order valence-electron chi connectivity index (χ1n) is 13.6. The number of hydrogen-bond acceptors (Lipinski definition) is 6. The molecular formula is C30H37NO7. The second-order valence-corrected chi connectivity index (χ2v) is 11.5. The SMILES string of the molecule is CC(C)(C)OC(=O)N1Cc2cc3c(cc2C[C@H]1C(=O)O)OC[C@H](c1ccc(OCC2CCCCC2)cc1)O3. The van der Waals surface area contributed by atoms with E-state index in [9.17, 15) is 14.7 Å². The van der Waals surface area contributed by atoms with Crippen LogP contribution in [0.25, 0.3) is 0 Å². The highest BCUT2D eigenvalue weighted by atomic mass is 16.6. The van der Waals surface area contributed by atoms with E-state index in [1.54, 1.807) is 20.8 Å². The molecule has 0 saturated heterocycles. The topological polar surface area (TPSA) is 94.5 Å². The van der Waals surface area contributed by atoms with Gasteiger partial charge in [-0.25, -0.2) is 9.59 Å². The lowest BCUT2D eigenvalue weighted by Crippen LogP contribution is -2.50. The van der Waals surface area contributed by atoms with E-state index in [0.717, 1.165) is 29.0 Å². The van der Waals surface area contributed by atoms with Crippen LogP contribution in [-0.4, -0.2) is 46.9 Å². The van der Waals surface area contributed by atoms with Crippen LogP contribution in [0.2, 0.25) is 0 Å². The van der Waals surface area contributed by atoms with E-state index in [1.165, 1.54) is 37.0 Å². The summed E-state index contributed by atoms with van der Waals surface area (Å²) in [4.78, 5) is 26.0. The van der Waals surface area contributed by atoms with Gasteiger partial charge in [-0.3, -0.25) is 4.90 Å². The zero-order valence-electron chi connectivity index (χ0n) is 22.4. The zero-order valence-corrected chi connectivity index (χ0v) is 22.4. The Kier molecular flexibility index (Phi) is 7.41. The summed E-state index contributed by atoms with van der Waals surface area (Å²) < 4.78 is 23.9. The number of ether oxygens (including phenoxy) is 4. The van der Waals surface area contributed by atoms with Crippen molar-refractivity contribution in [1.82, 2.24) is 4.90 Å². The van der Waals surface area contributed by atoms with Gasteiger partial charge in [-0.15, -0.1) is 0 Å². The maximum atomic E-state index is 12.8. The number of fused-ring (bicyclic) bond motifs is 2. The molecule has 1 fully saturated rings. The van der Waals surface area contributed by atoms with Crippen molar-refractivity contribution in [2.75, 3.05) is 13.2 Å². The molecule has 8 nitrogen and oxygen atoms in total. The van der Waals surface area contributed by atoms with Crippen molar-refractivity contribution in [3.8, 4) is 17.2 Å². The molecule has 1 N–H and O–H groups in total. The Labute approximate surface area is 223 Å². The Morgan fingerprint density at radius 2 is 1.74 bits per heavy atom. The fraction of sp³-hybridized carbons (Fsp3) is 0.533. The minimum absolute atomic E-state index is 0.121. The Balaban J connectivity index is 1.27. The van der Waals surface area contributed by atoms with Gasteiger partial charge in [0.1, 0.15) is 24.0 Å². The van der Waals surface area contributed by atoms with Crippen LogP contribution in [-0.2, 0) is 22.5 Å². The predicted octanol–water partition coefficient (Wildman–Crippen LogP) is 5.90. The van der Waals surface area contributed by atoms with Crippen LogP contribution in [0, 0.1) is 5.92 Å². The van der Waals surface area contributed by atoms with Gasteiger partial charge in [0.05, 0.1) is 13.2 Å². The summed E-state index contributed by atoms with van der Waals surface area (Å²) >= 11 is 0. The molecule has 1 saturated carbocycles. The molecule has 0 radical (unpaired) electrons. The van der Waals surface area contributed by atoms with E-state index in [4.69, 9.17) is 18.9 Å². The zero-order chi connectivity index (χ0) is 26.9. The average molecular weight is 524 g/mol. The molecular weight excluding hydrogens is 486 g/mol.